The standard InChI is InChI=1S/C20H25N5.C3H8/c1-4-17-7-5-6-12-24(17)18-13-15(3)21-20-22-19(23-25(18)20)16-10-8-14(2)9-11-16;1-3-2/h8-11,13,17H,4-7,12H2,1-3H3;3H2,1-2H3. The number of fused-ring (bicyclic) bond motifs is 1. The topological polar surface area (TPSA) is 46.3 Å². The van der Waals surface area contributed by atoms with Gasteiger partial charge in [0.15, 0.2) is 5.82 Å². The van der Waals surface area contributed by atoms with Gasteiger partial charge < -0.3 is 4.90 Å². The molecule has 0 saturated carbocycles. The summed E-state index contributed by atoms with van der Waals surface area (Å²) in [5, 5.41) is 4.80. The van der Waals surface area contributed by atoms with Gasteiger partial charge in [0.1, 0.15) is 5.82 Å². The van der Waals surface area contributed by atoms with Crippen LogP contribution in [0.25, 0.3) is 17.2 Å². The Labute approximate surface area is 168 Å². The Kier molecular flexibility index (Phi) is 6.65. The van der Waals surface area contributed by atoms with E-state index in [9.17, 15) is 0 Å². The Balaban J connectivity index is 0.000000706. The third-order valence-electron chi connectivity index (χ3n) is 5.12. The predicted molar refractivity (Wildman–Crippen MR) is 117 cm³/mol. The van der Waals surface area contributed by atoms with Gasteiger partial charge in [0, 0.05) is 29.9 Å². The molecule has 1 saturated heterocycles. The van der Waals surface area contributed by atoms with Crippen LogP contribution >= 0.6 is 0 Å². The minimum atomic E-state index is 0.575. The van der Waals surface area contributed by atoms with Crippen molar-refractivity contribution in [2.45, 2.75) is 72.8 Å². The lowest BCUT2D eigenvalue weighted by Gasteiger charge is -2.36. The number of aryl methyl sites for hydroxylation is 2. The highest BCUT2D eigenvalue weighted by Gasteiger charge is 2.24. The lowest BCUT2D eigenvalue weighted by atomic mass is 10.00. The Morgan fingerprint density at radius 3 is 2.39 bits per heavy atom. The molecule has 0 bridgehead atoms. The summed E-state index contributed by atoms with van der Waals surface area (Å²) in [5.41, 5.74) is 3.26. The van der Waals surface area contributed by atoms with Gasteiger partial charge in [-0.1, -0.05) is 57.0 Å². The van der Waals surface area contributed by atoms with Crippen molar-refractivity contribution in [1.82, 2.24) is 19.6 Å². The molecule has 3 aromatic rings. The molecule has 0 radical (unpaired) electrons. The van der Waals surface area contributed by atoms with Gasteiger partial charge in [-0.2, -0.15) is 9.50 Å². The smallest absolute Gasteiger partial charge is 0.254 e. The van der Waals surface area contributed by atoms with Gasteiger partial charge >= 0.3 is 0 Å². The third-order valence-corrected chi connectivity index (χ3v) is 5.12. The maximum absolute atomic E-state index is 4.80. The van der Waals surface area contributed by atoms with Crippen LogP contribution in [0.15, 0.2) is 30.3 Å². The summed E-state index contributed by atoms with van der Waals surface area (Å²) in [7, 11) is 0. The van der Waals surface area contributed by atoms with Crippen molar-refractivity contribution in [2.24, 2.45) is 0 Å². The van der Waals surface area contributed by atoms with E-state index in [0.717, 1.165) is 35.9 Å². The molecular weight excluding hydrogens is 346 g/mol. The molecular formula is C23H33N5. The number of piperidine rings is 1. The summed E-state index contributed by atoms with van der Waals surface area (Å²) in [6.07, 6.45) is 6.20. The normalized spacial score (nSPS) is 16.8. The minimum Gasteiger partial charge on any atom is -0.353 e. The van der Waals surface area contributed by atoms with Gasteiger partial charge in [-0.25, -0.2) is 4.98 Å². The van der Waals surface area contributed by atoms with E-state index in [0.29, 0.717) is 11.8 Å². The first kappa shape index (κ1) is 20.3. The summed E-state index contributed by atoms with van der Waals surface area (Å²) in [6, 6.07) is 11.1. The van der Waals surface area contributed by atoms with Crippen LogP contribution in [0, 0.1) is 13.8 Å². The fraction of sp³-hybridized carbons (Fsp3) is 0.522. The molecule has 0 N–H and O–H groups in total. The van der Waals surface area contributed by atoms with Crippen LogP contribution in [0.1, 0.15) is 64.1 Å². The van der Waals surface area contributed by atoms with E-state index in [1.54, 1.807) is 0 Å². The molecule has 1 fully saturated rings. The zero-order valence-corrected chi connectivity index (χ0v) is 17.9. The highest BCUT2D eigenvalue weighted by molar-refractivity contribution is 5.59. The Morgan fingerprint density at radius 1 is 1.00 bits per heavy atom. The molecule has 28 heavy (non-hydrogen) atoms. The number of nitrogens with zero attached hydrogens (tertiary/aromatic N) is 5. The molecule has 0 aliphatic carbocycles. The molecule has 2 aromatic heterocycles. The average molecular weight is 380 g/mol. The second kappa shape index (κ2) is 9.18. The second-order valence-electron chi connectivity index (χ2n) is 7.73. The van der Waals surface area contributed by atoms with Crippen LogP contribution in [0.5, 0.6) is 0 Å². The summed E-state index contributed by atoms with van der Waals surface area (Å²) >= 11 is 0. The summed E-state index contributed by atoms with van der Waals surface area (Å²) < 4.78 is 1.93. The average Bonchev–Trinajstić information content (AvgIpc) is 3.12. The molecule has 1 unspecified atom stereocenters. The van der Waals surface area contributed by atoms with Crippen LogP contribution in [0.2, 0.25) is 0 Å². The first-order valence-electron chi connectivity index (χ1n) is 10.6. The summed E-state index contributed by atoms with van der Waals surface area (Å²) in [5.74, 6) is 2.55. The number of hydrogen-bond donors (Lipinski definition) is 0. The van der Waals surface area contributed by atoms with Crippen LogP contribution in [-0.4, -0.2) is 32.2 Å². The van der Waals surface area contributed by atoms with Gasteiger partial charge in [0.05, 0.1) is 0 Å². The van der Waals surface area contributed by atoms with E-state index in [4.69, 9.17) is 10.1 Å². The number of rotatable bonds is 3. The van der Waals surface area contributed by atoms with E-state index in [1.165, 1.54) is 31.2 Å². The molecule has 5 nitrogen and oxygen atoms in total. The van der Waals surface area contributed by atoms with E-state index >= 15 is 0 Å². The second-order valence-corrected chi connectivity index (χ2v) is 7.73. The molecule has 1 aliphatic rings. The number of hydrogen-bond acceptors (Lipinski definition) is 4. The van der Waals surface area contributed by atoms with E-state index < -0.39 is 0 Å². The highest BCUT2D eigenvalue weighted by Crippen LogP contribution is 2.28. The lowest BCUT2D eigenvalue weighted by Crippen LogP contribution is -2.40. The highest BCUT2D eigenvalue weighted by atomic mass is 15.4. The van der Waals surface area contributed by atoms with Crippen molar-refractivity contribution in [3.63, 3.8) is 0 Å². The van der Waals surface area contributed by atoms with Gasteiger partial charge in [0.25, 0.3) is 5.78 Å². The van der Waals surface area contributed by atoms with E-state index in [-0.39, 0.29) is 0 Å². The summed E-state index contributed by atoms with van der Waals surface area (Å²) in [4.78, 5) is 11.8. The van der Waals surface area contributed by atoms with Crippen LogP contribution in [-0.2, 0) is 0 Å². The minimum absolute atomic E-state index is 0.575. The van der Waals surface area contributed by atoms with E-state index in [1.807, 2.05) is 11.4 Å². The fourth-order valence-electron chi connectivity index (χ4n) is 3.72. The van der Waals surface area contributed by atoms with Gasteiger partial charge in [0.2, 0.25) is 0 Å². The molecule has 0 amide bonds. The van der Waals surface area contributed by atoms with Crippen molar-refractivity contribution >= 4 is 11.6 Å². The molecule has 3 heterocycles. The first-order valence-corrected chi connectivity index (χ1v) is 10.6. The Bertz CT molecular complexity index is 897. The number of anilines is 1. The monoisotopic (exact) mass is 379 g/mol. The molecule has 1 atom stereocenters. The predicted octanol–water partition coefficient (Wildman–Crippen LogP) is 5.59. The first-order chi connectivity index (χ1) is 13.6. The molecule has 0 spiro atoms. The molecule has 150 valence electrons. The van der Waals surface area contributed by atoms with Gasteiger partial charge in [-0.15, -0.1) is 5.10 Å². The zero-order valence-electron chi connectivity index (χ0n) is 17.9. The largest absolute Gasteiger partial charge is 0.353 e. The molecule has 1 aromatic carbocycles. The van der Waals surface area contributed by atoms with Crippen molar-refractivity contribution in [3.05, 3.63) is 41.6 Å². The van der Waals surface area contributed by atoms with Crippen molar-refractivity contribution in [2.75, 3.05) is 11.4 Å². The van der Waals surface area contributed by atoms with E-state index in [2.05, 4.69) is 67.9 Å². The third kappa shape index (κ3) is 4.34. The van der Waals surface area contributed by atoms with Crippen LogP contribution < -0.4 is 4.90 Å². The zero-order chi connectivity index (χ0) is 20.1. The molecule has 4 rings (SSSR count). The number of benzene rings is 1. The Hall–Kier alpha value is -2.43. The Morgan fingerprint density at radius 2 is 1.71 bits per heavy atom. The maximum Gasteiger partial charge on any atom is 0.254 e. The van der Waals surface area contributed by atoms with Crippen molar-refractivity contribution in [1.29, 1.82) is 0 Å². The quantitative estimate of drug-likeness (QED) is 0.595. The fourth-order valence-corrected chi connectivity index (χ4v) is 3.72. The van der Waals surface area contributed by atoms with Crippen LogP contribution in [0.3, 0.4) is 0 Å². The molecule has 1 aliphatic heterocycles. The lowest BCUT2D eigenvalue weighted by molar-refractivity contribution is 0.444. The van der Waals surface area contributed by atoms with Crippen molar-refractivity contribution < 1.29 is 0 Å². The number of aromatic nitrogens is 4. The maximum atomic E-state index is 4.80. The van der Waals surface area contributed by atoms with Crippen molar-refractivity contribution in [3.8, 4) is 11.4 Å². The van der Waals surface area contributed by atoms with Gasteiger partial charge in [-0.3, -0.25) is 0 Å². The van der Waals surface area contributed by atoms with Gasteiger partial charge in [-0.05, 0) is 39.5 Å². The molecule has 5 heteroatoms. The SMILES string of the molecule is CCC.CCC1CCCCN1c1cc(C)nc2nc(-c3ccc(C)cc3)nn12. The summed E-state index contributed by atoms with van der Waals surface area (Å²) in [6.45, 7) is 11.7. The van der Waals surface area contributed by atoms with Crippen LogP contribution in [0.4, 0.5) is 5.82 Å².